The maximum atomic E-state index is 12.5. The topological polar surface area (TPSA) is 90.8 Å². The Labute approximate surface area is 151 Å². The van der Waals surface area contributed by atoms with E-state index < -0.39 is 0 Å². The molecule has 1 fully saturated rings. The molecule has 0 radical (unpaired) electrons. The molecular formula is C19H21N4O3+. The van der Waals surface area contributed by atoms with Gasteiger partial charge in [-0.1, -0.05) is 0 Å². The van der Waals surface area contributed by atoms with Gasteiger partial charge in [0.05, 0.1) is 44.1 Å². The maximum Gasteiger partial charge on any atom is 0.289 e. The molecule has 7 heteroatoms. The largest absolute Gasteiger partial charge is 0.459 e. The number of furan rings is 1. The summed E-state index contributed by atoms with van der Waals surface area (Å²) in [6.45, 7) is 4.47. The van der Waals surface area contributed by atoms with Gasteiger partial charge >= 0.3 is 0 Å². The summed E-state index contributed by atoms with van der Waals surface area (Å²) in [6, 6.07) is 12.0. The van der Waals surface area contributed by atoms with Crippen molar-refractivity contribution in [3.63, 3.8) is 0 Å². The van der Waals surface area contributed by atoms with E-state index in [0.29, 0.717) is 43.2 Å². The summed E-state index contributed by atoms with van der Waals surface area (Å²) in [5, 5.41) is 11.7. The number of rotatable bonds is 4. The van der Waals surface area contributed by atoms with Gasteiger partial charge in [-0.15, -0.1) is 0 Å². The fraction of sp³-hybridized carbons (Fsp3) is 0.316. The molecule has 1 aromatic heterocycles. The van der Waals surface area contributed by atoms with Crippen molar-refractivity contribution in [1.82, 2.24) is 4.90 Å². The Bertz CT molecular complexity index is 800. The summed E-state index contributed by atoms with van der Waals surface area (Å²) in [4.78, 5) is 27.7. The third-order valence-corrected chi connectivity index (χ3v) is 4.71. The highest BCUT2D eigenvalue weighted by Crippen LogP contribution is 2.09. The van der Waals surface area contributed by atoms with Crippen LogP contribution in [0.3, 0.4) is 0 Å². The van der Waals surface area contributed by atoms with Crippen LogP contribution in [0.4, 0.5) is 5.69 Å². The van der Waals surface area contributed by atoms with Crippen molar-refractivity contribution in [3.05, 3.63) is 54.0 Å². The zero-order valence-electron chi connectivity index (χ0n) is 14.6. The number of benzene rings is 1. The zero-order valence-corrected chi connectivity index (χ0v) is 14.6. The molecular weight excluding hydrogens is 332 g/mol. The molecule has 2 heterocycles. The second kappa shape index (κ2) is 7.85. The molecule has 134 valence electrons. The number of nitrogens with one attached hydrogen (secondary N) is 2. The first-order chi connectivity index (χ1) is 12.6. The average Bonchev–Trinajstić information content (AvgIpc) is 3.22. The molecule has 2 amide bonds. The third-order valence-electron chi connectivity index (χ3n) is 4.71. The van der Waals surface area contributed by atoms with Crippen LogP contribution in [-0.2, 0) is 4.79 Å². The highest BCUT2D eigenvalue weighted by atomic mass is 16.3. The molecule has 0 spiro atoms. The van der Waals surface area contributed by atoms with Crippen molar-refractivity contribution in [1.29, 1.82) is 5.26 Å². The smallest absolute Gasteiger partial charge is 0.289 e. The number of piperazine rings is 1. The lowest BCUT2D eigenvalue weighted by molar-refractivity contribution is -0.917. The van der Waals surface area contributed by atoms with Crippen LogP contribution in [0.1, 0.15) is 23.0 Å². The highest BCUT2D eigenvalue weighted by molar-refractivity contribution is 5.93. The van der Waals surface area contributed by atoms with Gasteiger partial charge in [0.2, 0.25) is 0 Å². The van der Waals surface area contributed by atoms with Crippen molar-refractivity contribution in [2.75, 3.05) is 31.5 Å². The van der Waals surface area contributed by atoms with Crippen LogP contribution in [0, 0.1) is 11.3 Å². The van der Waals surface area contributed by atoms with Gasteiger partial charge in [0.25, 0.3) is 11.8 Å². The van der Waals surface area contributed by atoms with Crippen LogP contribution in [0.15, 0.2) is 47.1 Å². The van der Waals surface area contributed by atoms with Gasteiger partial charge in [0.15, 0.2) is 11.8 Å². The van der Waals surface area contributed by atoms with Crippen LogP contribution in [0.5, 0.6) is 0 Å². The fourth-order valence-electron chi connectivity index (χ4n) is 3.05. The summed E-state index contributed by atoms with van der Waals surface area (Å²) < 4.78 is 5.16. The summed E-state index contributed by atoms with van der Waals surface area (Å²) in [5.74, 6) is 0.166. The van der Waals surface area contributed by atoms with E-state index in [9.17, 15) is 9.59 Å². The summed E-state index contributed by atoms with van der Waals surface area (Å²) >= 11 is 0. The van der Waals surface area contributed by atoms with Crippen LogP contribution < -0.4 is 10.2 Å². The maximum absolute atomic E-state index is 12.5. The first-order valence-electron chi connectivity index (χ1n) is 8.57. The molecule has 7 nitrogen and oxygen atoms in total. The number of anilines is 1. The number of hydrogen-bond donors (Lipinski definition) is 2. The van der Waals surface area contributed by atoms with Crippen molar-refractivity contribution in [3.8, 4) is 6.07 Å². The summed E-state index contributed by atoms with van der Waals surface area (Å²) in [5.41, 5.74) is 1.23. The monoisotopic (exact) mass is 353 g/mol. The van der Waals surface area contributed by atoms with Crippen molar-refractivity contribution in [2.45, 2.75) is 13.0 Å². The molecule has 3 rings (SSSR count). The van der Waals surface area contributed by atoms with E-state index in [1.54, 1.807) is 41.3 Å². The van der Waals surface area contributed by atoms with Crippen molar-refractivity contribution >= 4 is 17.5 Å². The number of quaternary nitrogens is 1. The Morgan fingerprint density at radius 2 is 1.92 bits per heavy atom. The van der Waals surface area contributed by atoms with Crippen LogP contribution in [-0.4, -0.2) is 48.9 Å². The Morgan fingerprint density at radius 3 is 2.50 bits per heavy atom. The Balaban J connectivity index is 1.52. The number of amides is 2. The molecule has 0 saturated carbocycles. The number of carbonyl (C=O) groups excluding carboxylic acids is 2. The minimum Gasteiger partial charge on any atom is -0.459 e. The quantitative estimate of drug-likeness (QED) is 0.838. The third kappa shape index (κ3) is 3.92. The Morgan fingerprint density at radius 1 is 1.23 bits per heavy atom. The lowest BCUT2D eigenvalue weighted by Gasteiger charge is -2.34. The van der Waals surface area contributed by atoms with E-state index in [4.69, 9.17) is 9.68 Å². The molecule has 1 aliphatic heterocycles. The minimum absolute atomic E-state index is 0.0736. The molecule has 26 heavy (non-hydrogen) atoms. The van der Waals surface area contributed by atoms with Gasteiger partial charge in [0.1, 0.15) is 0 Å². The van der Waals surface area contributed by atoms with E-state index in [1.165, 1.54) is 6.26 Å². The van der Waals surface area contributed by atoms with Gasteiger partial charge in [-0.05, 0) is 43.3 Å². The molecule has 2 N–H and O–H groups in total. The van der Waals surface area contributed by atoms with E-state index in [1.807, 2.05) is 13.0 Å². The minimum atomic E-state index is -0.230. The van der Waals surface area contributed by atoms with Crippen molar-refractivity contribution < 1.29 is 18.9 Å². The molecule has 0 aliphatic carbocycles. The Hall–Kier alpha value is -3.11. The molecule has 1 saturated heterocycles. The van der Waals surface area contributed by atoms with Gasteiger partial charge in [-0.25, -0.2) is 0 Å². The molecule has 1 atom stereocenters. The number of nitrogens with zero attached hydrogens (tertiary/aromatic N) is 2. The Kier molecular flexibility index (Phi) is 5.34. The number of carbonyl (C=O) groups is 2. The second-order valence-corrected chi connectivity index (χ2v) is 6.33. The first kappa shape index (κ1) is 17.7. The fourth-order valence-corrected chi connectivity index (χ4v) is 3.05. The van der Waals surface area contributed by atoms with Crippen LogP contribution >= 0.6 is 0 Å². The zero-order chi connectivity index (χ0) is 18.5. The van der Waals surface area contributed by atoms with Gasteiger partial charge < -0.3 is 19.5 Å². The van der Waals surface area contributed by atoms with E-state index in [2.05, 4.69) is 5.32 Å². The average molecular weight is 353 g/mol. The van der Waals surface area contributed by atoms with E-state index in [-0.39, 0.29) is 17.9 Å². The van der Waals surface area contributed by atoms with Crippen LogP contribution in [0.25, 0.3) is 0 Å². The SMILES string of the molecule is C[C@H](C(=O)Nc1ccc(C#N)cc1)[NH+]1CCN(C(=O)c2ccco2)CC1. The predicted molar refractivity (Wildman–Crippen MR) is 94.6 cm³/mol. The first-order valence-corrected chi connectivity index (χ1v) is 8.57. The molecule has 2 aromatic rings. The highest BCUT2D eigenvalue weighted by Gasteiger charge is 2.31. The van der Waals surface area contributed by atoms with E-state index in [0.717, 1.165) is 4.90 Å². The normalized spacial score (nSPS) is 15.9. The van der Waals surface area contributed by atoms with E-state index >= 15 is 0 Å². The number of hydrogen-bond acceptors (Lipinski definition) is 4. The van der Waals surface area contributed by atoms with Gasteiger partial charge in [-0.3, -0.25) is 9.59 Å². The van der Waals surface area contributed by atoms with Crippen molar-refractivity contribution in [2.24, 2.45) is 0 Å². The predicted octanol–water partition coefficient (Wildman–Crippen LogP) is 0.519. The lowest BCUT2D eigenvalue weighted by Crippen LogP contribution is -3.19. The summed E-state index contributed by atoms with van der Waals surface area (Å²) in [6.07, 6.45) is 1.49. The lowest BCUT2D eigenvalue weighted by atomic mass is 10.2. The second-order valence-electron chi connectivity index (χ2n) is 6.33. The summed E-state index contributed by atoms with van der Waals surface area (Å²) in [7, 11) is 0. The number of nitriles is 1. The molecule has 0 unspecified atom stereocenters. The standard InChI is InChI=1S/C19H20N4O3/c1-14(18(24)21-16-6-4-15(13-20)5-7-16)22-8-10-23(11-9-22)19(25)17-3-2-12-26-17/h2-7,12,14H,8-11H2,1H3,(H,21,24)/p+1/t14-/m1/s1. The van der Waals surface area contributed by atoms with Gasteiger partial charge in [0, 0.05) is 5.69 Å². The van der Waals surface area contributed by atoms with Crippen LogP contribution in [0.2, 0.25) is 0 Å². The van der Waals surface area contributed by atoms with Gasteiger partial charge in [-0.2, -0.15) is 5.26 Å². The molecule has 0 bridgehead atoms. The molecule has 1 aliphatic rings. The molecule has 1 aromatic carbocycles.